The van der Waals surface area contributed by atoms with Crippen molar-refractivity contribution in [2.75, 3.05) is 0 Å². The van der Waals surface area contributed by atoms with E-state index in [4.69, 9.17) is 0 Å². The normalized spacial score (nSPS) is 19.2. The molecule has 0 saturated heterocycles. The summed E-state index contributed by atoms with van der Waals surface area (Å²) in [6.45, 7) is 26.2. The van der Waals surface area contributed by atoms with Gasteiger partial charge in [0.2, 0.25) is 0 Å². The van der Waals surface area contributed by atoms with E-state index in [-0.39, 0.29) is 0 Å². The van der Waals surface area contributed by atoms with Crippen LogP contribution in [-0.2, 0) is 14.2 Å². The maximum absolute atomic E-state index is 5.00. The standard InChI is InChI=1S/2C21H23.2C2H5.2CH3.Hf.H2Si/c2*1-14(2)17-11-18(15(3)4)13-19(12-17)21-10-6-8-16-7-5-9-20(16)21;2*1-2;;;;/h2*5-15H,1-4H3;2*1H2,2H3;2*1H3;;1H2. The van der Waals surface area contributed by atoms with Crippen LogP contribution < -0.4 is 0 Å². The first-order chi connectivity index (χ1) is 23.3. The average Bonchev–Trinajstić information content (AvgIpc) is 3.75. The summed E-state index contributed by atoms with van der Waals surface area (Å²) in [4.78, 5) is 0. The van der Waals surface area contributed by atoms with Gasteiger partial charge in [0.05, 0.1) is 0 Å². The van der Waals surface area contributed by atoms with Gasteiger partial charge in [0.1, 0.15) is 0 Å². The SMILES string of the molecule is C[CH2][Hf]([CH3])([CH3])(=[SiH2])([CH2]C)([CH]1C=Cc2c(-c3cc(C(C)C)cc(C(C)C)c3)cccc21)[CH]1C=Cc2c(-c3cc(C(C)C)cc(C(C)C)c3)cccc21. The van der Waals surface area contributed by atoms with E-state index in [9.17, 15) is 0 Å². The van der Waals surface area contributed by atoms with Crippen molar-refractivity contribution in [2.45, 2.75) is 118 Å². The summed E-state index contributed by atoms with van der Waals surface area (Å²) in [7, 11) is 0. The predicted molar refractivity (Wildman–Crippen MR) is 225 cm³/mol. The molecule has 2 heteroatoms. The predicted octanol–water partition coefficient (Wildman–Crippen LogP) is 14.6. The van der Waals surface area contributed by atoms with Crippen LogP contribution in [0.15, 0.2) is 84.9 Å². The number of rotatable bonds is 10. The van der Waals surface area contributed by atoms with E-state index in [0.29, 0.717) is 31.0 Å². The summed E-state index contributed by atoms with van der Waals surface area (Å²) in [5, 5.41) is 0. The Morgan fingerprint density at radius 3 is 1.12 bits per heavy atom. The van der Waals surface area contributed by atoms with E-state index in [1.807, 2.05) is 0 Å². The van der Waals surface area contributed by atoms with Crippen LogP contribution in [0.1, 0.15) is 145 Å². The van der Waals surface area contributed by atoms with Crippen molar-refractivity contribution in [2.24, 2.45) is 0 Å². The van der Waals surface area contributed by atoms with Crippen LogP contribution in [0.2, 0.25) is 17.7 Å². The van der Waals surface area contributed by atoms with Crippen LogP contribution >= 0.6 is 0 Å². The first kappa shape index (κ1) is 37.2. The molecule has 0 N–H and O–H groups in total. The van der Waals surface area contributed by atoms with Gasteiger partial charge in [-0.2, -0.15) is 0 Å². The fourth-order valence-corrected chi connectivity index (χ4v) is 44.7. The first-order valence-corrected chi connectivity index (χ1v) is 44.5. The third kappa shape index (κ3) is 5.53. The second-order valence-corrected chi connectivity index (χ2v) is 98.8. The molecule has 0 aromatic heterocycles. The summed E-state index contributed by atoms with van der Waals surface area (Å²) in [5.41, 5.74) is 17.3. The number of benzene rings is 4. The van der Waals surface area contributed by atoms with E-state index in [0.717, 1.165) is 0 Å². The number of hydrogen-bond donors (Lipinski definition) is 0. The van der Waals surface area contributed by atoms with Crippen LogP contribution in [0.3, 0.4) is 0 Å². The molecular weight excluding hydrogens is 783 g/mol. The van der Waals surface area contributed by atoms with Gasteiger partial charge in [-0.3, -0.25) is 0 Å². The molecule has 2 aliphatic carbocycles. The number of hydrogen-bond acceptors (Lipinski definition) is 0. The van der Waals surface area contributed by atoms with Gasteiger partial charge in [0, 0.05) is 0 Å². The monoisotopic (exact) mass is 848 g/mol. The van der Waals surface area contributed by atoms with Crippen LogP contribution in [0.4, 0.5) is 0 Å². The second kappa shape index (κ2) is 11.7. The molecular formula is C48H64HfSi. The Morgan fingerprint density at radius 2 is 0.840 bits per heavy atom. The van der Waals surface area contributed by atoms with Crippen LogP contribution in [0.25, 0.3) is 34.4 Å². The molecule has 50 heavy (non-hydrogen) atoms. The molecule has 2 atom stereocenters. The van der Waals surface area contributed by atoms with Crippen molar-refractivity contribution in [1.82, 2.24) is 0 Å². The molecule has 4 aromatic carbocycles. The Balaban J connectivity index is 1.55. The summed E-state index contributed by atoms with van der Waals surface area (Å²) in [6.07, 6.45) is 10.4. The molecule has 0 fully saturated rings. The van der Waals surface area contributed by atoms with Gasteiger partial charge in [-0.1, -0.05) is 0 Å². The molecule has 264 valence electrons. The first-order valence-electron chi connectivity index (χ1n) is 19.8. The van der Waals surface area contributed by atoms with Crippen molar-refractivity contribution in [3.63, 3.8) is 0 Å². The number of fused-ring (bicyclic) bond motifs is 2. The van der Waals surface area contributed by atoms with E-state index in [2.05, 4.69) is 183 Å². The molecule has 4 aromatic rings. The van der Waals surface area contributed by atoms with Gasteiger partial charge in [-0.25, -0.2) is 0 Å². The molecule has 6 rings (SSSR count). The molecule has 2 unspecified atom stereocenters. The van der Waals surface area contributed by atoms with E-state index in [1.165, 1.54) is 64.0 Å². The third-order valence-electron chi connectivity index (χ3n) is 15.3. The Labute approximate surface area is 301 Å². The molecule has 2 aliphatic rings. The molecule has 0 nitrogen and oxygen atoms in total. The van der Waals surface area contributed by atoms with Crippen molar-refractivity contribution in [3.05, 3.63) is 129 Å². The average molecular weight is 848 g/mol. The van der Waals surface area contributed by atoms with E-state index >= 15 is 0 Å². The molecule has 0 saturated carbocycles. The van der Waals surface area contributed by atoms with E-state index in [1.54, 1.807) is 11.1 Å². The third-order valence-corrected chi connectivity index (χ3v) is 78.5. The zero-order valence-electron chi connectivity index (χ0n) is 33.3. The number of allylic oxidation sites excluding steroid dienone is 2. The summed E-state index contributed by atoms with van der Waals surface area (Å²) >= 11 is -5.00. The van der Waals surface area contributed by atoms with Crippen molar-refractivity contribution in [1.29, 1.82) is 0 Å². The van der Waals surface area contributed by atoms with Crippen LogP contribution in [0.5, 0.6) is 0 Å². The van der Waals surface area contributed by atoms with Gasteiger partial charge < -0.3 is 0 Å². The summed E-state index contributed by atoms with van der Waals surface area (Å²) in [6, 6.07) is 29.2. The van der Waals surface area contributed by atoms with Gasteiger partial charge in [-0.05, 0) is 0 Å². The Morgan fingerprint density at radius 1 is 0.520 bits per heavy atom. The molecule has 0 aliphatic heterocycles. The van der Waals surface area contributed by atoms with Gasteiger partial charge in [0.25, 0.3) is 0 Å². The topological polar surface area (TPSA) is 0 Å². The Hall–Kier alpha value is -2.55. The maximum atomic E-state index is 2.86. The van der Waals surface area contributed by atoms with Gasteiger partial charge >= 0.3 is 303 Å². The van der Waals surface area contributed by atoms with Gasteiger partial charge in [-0.15, -0.1) is 0 Å². The minimum absolute atomic E-state index is 0.418. The molecule has 0 bridgehead atoms. The second-order valence-electron chi connectivity index (χ2n) is 20.3. The van der Waals surface area contributed by atoms with E-state index < -0.39 is 14.2 Å². The van der Waals surface area contributed by atoms with Crippen molar-refractivity contribution < 1.29 is 14.2 Å². The molecule has 0 amide bonds. The summed E-state index contributed by atoms with van der Waals surface area (Å²) < 4.78 is 9.03. The fraction of sp³-hybridized carbons (Fsp3) is 0.417. The molecule has 0 heterocycles. The van der Waals surface area contributed by atoms with Crippen LogP contribution in [0, 0.1) is 0 Å². The molecule has 0 spiro atoms. The zero-order valence-corrected chi connectivity index (χ0v) is 38.3. The Kier molecular flexibility index (Phi) is 8.73. The minimum atomic E-state index is -5.00. The van der Waals surface area contributed by atoms with Crippen molar-refractivity contribution >= 4 is 19.1 Å². The quantitative estimate of drug-likeness (QED) is 0.140. The summed E-state index contributed by atoms with van der Waals surface area (Å²) in [5.74, 6) is 1.99. The molecule has 0 radical (unpaired) electrons. The fourth-order valence-electron chi connectivity index (χ4n) is 9.86. The van der Waals surface area contributed by atoms with Gasteiger partial charge in [0.15, 0.2) is 0 Å². The van der Waals surface area contributed by atoms with Crippen molar-refractivity contribution in [3.8, 4) is 22.3 Å². The van der Waals surface area contributed by atoms with Crippen LogP contribution in [-0.4, -0.2) is 6.94 Å². The zero-order chi connectivity index (χ0) is 36.5. The Bertz CT molecular complexity index is 1990.